The number of fused-ring (bicyclic) bond motifs is 1. The molecule has 29 heavy (non-hydrogen) atoms. The Labute approximate surface area is 179 Å². The zero-order valence-electron chi connectivity index (χ0n) is 15.8. The summed E-state index contributed by atoms with van der Waals surface area (Å²) < 4.78 is 25.5. The Kier molecular flexibility index (Phi) is 6.87. The van der Waals surface area contributed by atoms with Gasteiger partial charge in [0.15, 0.2) is 9.84 Å². The van der Waals surface area contributed by atoms with Crippen LogP contribution in [0.4, 0.5) is 5.69 Å². The average molecular weight is 453 g/mol. The van der Waals surface area contributed by atoms with Crippen molar-refractivity contribution in [3.05, 3.63) is 53.1 Å². The van der Waals surface area contributed by atoms with E-state index in [1.807, 2.05) is 12.1 Å². The van der Waals surface area contributed by atoms with E-state index in [4.69, 9.17) is 11.6 Å². The van der Waals surface area contributed by atoms with Crippen LogP contribution in [-0.2, 0) is 25.8 Å². The molecule has 6 nitrogen and oxygen atoms in total. The van der Waals surface area contributed by atoms with Gasteiger partial charge < -0.3 is 10.6 Å². The minimum atomic E-state index is -3.67. The van der Waals surface area contributed by atoms with Crippen LogP contribution in [0, 0.1) is 5.92 Å². The van der Waals surface area contributed by atoms with E-state index in [-0.39, 0.29) is 22.5 Å². The molecule has 2 aromatic carbocycles. The number of hydrogen-bond donors (Lipinski definition) is 2. The van der Waals surface area contributed by atoms with Crippen LogP contribution in [-0.4, -0.2) is 38.3 Å². The lowest BCUT2D eigenvalue weighted by atomic mass is 10.1. The van der Waals surface area contributed by atoms with Crippen LogP contribution < -0.4 is 10.6 Å². The van der Waals surface area contributed by atoms with E-state index in [1.54, 1.807) is 25.1 Å². The highest BCUT2D eigenvalue weighted by molar-refractivity contribution is 8.00. The molecule has 0 unspecified atom stereocenters. The minimum absolute atomic E-state index is 0.0971. The molecule has 1 atom stereocenters. The smallest absolute Gasteiger partial charge is 0.234 e. The summed E-state index contributed by atoms with van der Waals surface area (Å²) in [6.07, 6.45) is 0.630. The number of carbonyl (C=O) groups is 2. The summed E-state index contributed by atoms with van der Waals surface area (Å²) in [4.78, 5) is 24.8. The van der Waals surface area contributed by atoms with E-state index in [0.29, 0.717) is 29.4 Å². The van der Waals surface area contributed by atoms with Gasteiger partial charge in [0.1, 0.15) is 0 Å². The average Bonchev–Trinajstić information content (AvgIpc) is 2.68. The van der Waals surface area contributed by atoms with Gasteiger partial charge in [0.25, 0.3) is 0 Å². The molecule has 0 aromatic heterocycles. The zero-order valence-corrected chi connectivity index (χ0v) is 18.2. The molecule has 0 bridgehead atoms. The van der Waals surface area contributed by atoms with Crippen molar-refractivity contribution in [2.45, 2.75) is 23.1 Å². The fourth-order valence-corrected chi connectivity index (χ4v) is 5.40. The number of amides is 2. The zero-order chi connectivity index (χ0) is 21.0. The summed E-state index contributed by atoms with van der Waals surface area (Å²) >= 11 is 7.21. The summed E-state index contributed by atoms with van der Waals surface area (Å²) in [7, 11) is -3.67. The molecule has 0 spiro atoms. The number of anilines is 1. The Hall–Kier alpha value is -2.03. The standard InChI is InChI=1S/C20H21ClN2O4S2/c1-13(20(25)22-9-8-14-2-4-15(21)5-3-14)12-29(26,27)16-6-7-18-17(10-16)23-19(24)11-28-18/h2-7,10,13H,8-9,11-12H2,1H3,(H,22,25)(H,23,24)/t13-/m0/s1. The second-order valence-corrected chi connectivity index (χ2v) is 10.3. The van der Waals surface area contributed by atoms with Crippen molar-refractivity contribution in [1.82, 2.24) is 5.32 Å². The molecule has 2 N–H and O–H groups in total. The van der Waals surface area contributed by atoms with Crippen molar-refractivity contribution in [2.24, 2.45) is 5.92 Å². The minimum Gasteiger partial charge on any atom is -0.356 e. The van der Waals surface area contributed by atoms with Gasteiger partial charge in [0.2, 0.25) is 11.8 Å². The molecule has 0 saturated heterocycles. The normalized spacial score (nSPS) is 14.6. The van der Waals surface area contributed by atoms with Gasteiger partial charge in [0, 0.05) is 22.4 Å². The molecule has 0 fully saturated rings. The second-order valence-electron chi connectivity index (χ2n) is 6.84. The first-order valence-electron chi connectivity index (χ1n) is 9.06. The maximum absolute atomic E-state index is 12.7. The van der Waals surface area contributed by atoms with E-state index < -0.39 is 15.8 Å². The lowest BCUT2D eigenvalue weighted by Crippen LogP contribution is -2.34. The lowest BCUT2D eigenvalue weighted by Gasteiger charge is -2.18. The molecule has 2 amide bonds. The van der Waals surface area contributed by atoms with Crippen LogP contribution in [0.15, 0.2) is 52.3 Å². The van der Waals surface area contributed by atoms with Gasteiger partial charge in [-0.15, -0.1) is 11.8 Å². The van der Waals surface area contributed by atoms with E-state index >= 15 is 0 Å². The third kappa shape index (κ3) is 5.74. The monoisotopic (exact) mass is 452 g/mol. The summed E-state index contributed by atoms with van der Waals surface area (Å²) in [5, 5.41) is 6.11. The SMILES string of the molecule is C[C@@H](CS(=O)(=O)c1ccc2c(c1)NC(=O)CS2)C(=O)NCCc1ccc(Cl)cc1. The Bertz CT molecular complexity index is 1020. The Morgan fingerprint density at radius 2 is 1.97 bits per heavy atom. The molecular weight excluding hydrogens is 432 g/mol. The van der Waals surface area contributed by atoms with Gasteiger partial charge in [-0.25, -0.2) is 8.42 Å². The van der Waals surface area contributed by atoms with Crippen LogP contribution >= 0.6 is 23.4 Å². The lowest BCUT2D eigenvalue weighted by molar-refractivity contribution is -0.123. The van der Waals surface area contributed by atoms with Gasteiger partial charge in [0.05, 0.1) is 22.1 Å². The number of carbonyl (C=O) groups excluding carboxylic acids is 2. The van der Waals surface area contributed by atoms with Crippen LogP contribution in [0.1, 0.15) is 12.5 Å². The van der Waals surface area contributed by atoms with Crippen LogP contribution in [0.5, 0.6) is 0 Å². The molecule has 0 saturated carbocycles. The molecule has 0 radical (unpaired) electrons. The van der Waals surface area contributed by atoms with Gasteiger partial charge >= 0.3 is 0 Å². The van der Waals surface area contributed by atoms with E-state index in [9.17, 15) is 18.0 Å². The van der Waals surface area contributed by atoms with Crippen LogP contribution in [0.25, 0.3) is 0 Å². The highest BCUT2D eigenvalue weighted by atomic mass is 35.5. The van der Waals surface area contributed by atoms with Crippen molar-refractivity contribution >= 4 is 50.7 Å². The van der Waals surface area contributed by atoms with Gasteiger partial charge in [-0.2, -0.15) is 0 Å². The highest BCUT2D eigenvalue weighted by Crippen LogP contribution is 2.33. The first kappa shape index (κ1) is 21.7. The number of hydrogen-bond acceptors (Lipinski definition) is 5. The fourth-order valence-electron chi connectivity index (χ4n) is 2.91. The Morgan fingerprint density at radius 3 is 2.69 bits per heavy atom. The molecule has 1 aliphatic rings. The van der Waals surface area contributed by atoms with Gasteiger partial charge in [-0.3, -0.25) is 9.59 Å². The Balaban J connectivity index is 1.57. The molecule has 154 valence electrons. The second kappa shape index (κ2) is 9.19. The van der Waals surface area contributed by atoms with Crippen molar-refractivity contribution < 1.29 is 18.0 Å². The highest BCUT2D eigenvalue weighted by Gasteiger charge is 2.25. The molecular formula is C20H21ClN2O4S2. The summed E-state index contributed by atoms with van der Waals surface area (Å²) in [5.41, 5.74) is 1.52. The van der Waals surface area contributed by atoms with Crippen molar-refractivity contribution in [3.8, 4) is 0 Å². The van der Waals surface area contributed by atoms with Gasteiger partial charge in [-0.1, -0.05) is 30.7 Å². The third-order valence-corrected chi connectivity index (χ3v) is 7.72. The number of benzene rings is 2. The van der Waals surface area contributed by atoms with Crippen molar-refractivity contribution in [1.29, 1.82) is 0 Å². The van der Waals surface area contributed by atoms with E-state index in [1.165, 1.54) is 23.9 Å². The van der Waals surface area contributed by atoms with Gasteiger partial charge in [-0.05, 0) is 42.3 Å². The maximum atomic E-state index is 12.7. The molecule has 9 heteroatoms. The number of sulfone groups is 1. The fraction of sp³-hybridized carbons (Fsp3) is 0.300. The summed E-state index contributed by atoms with van der Waals surface area (Å²) in [6.45, 7) is 2.00. The number of halogens is 1. The Morgan fingerprint density at radius 1 is 1.24 bits per heavy atom. The van der Waals surface area contributed by atoms with E-state index in [2.05, 4.69) is 10.6 Å². The number of nitrogens with one attached hydrogen (secondary N) is 2. The summed E-state index contributed by atoms with van der Waals surface area (Å²) in [5.74, 6) is -1.17. The molecule has 1 aliphatic heterocycles. The summed E-state index contributed by atoms with van der Waals surface area (Å²) in [6, 6.07) is 12.0. The quantitative estimate of drug-likeness (QED) is 0.673. The molecule has 1 heterocycles. The largest absolute Gasteiger partial charge is 0.356 e. The number of thioether (sulfide) groups is 1. The number of rotatable bonds is 7. The molecule has 2 aromatic rings. The van der Waals surface area contributed by atoms with Crippen LogP contribution in [0.3, 0.4) is 0 Å². The first-order valence-corrected chi connectivity index (χ1v) is 12.1. The topological polar surface area (TPSA) is 92.3 Å². The van der Waals surface area contributed by atoms with Crippen LogP contribution in [0.2, 0.25) is 5.02 Å². The van der Waals surface area contributed by atoms with Crippen molar-refractivity contribution in [2.75, 3.05) is 23.4 Å². The maximum Gasteiger partial charge on any atom is 0.234 e. The molecule has 0 aliphatic carbocycles. The van der Waals surface area contributed by atoms with Crippen molar-refractivity contribution in [3.63, 3.8) is 0 Å². The predicted octanol–water partition coefficient (Wildman–Crippen LogP) is 3.15. The molecule has 3 rings (SSSR count). The first-order chi connectivity index (χ1) is 13.7. The van der Waals surface area contributed by atoms with E-state index in [0.717, 1.165) is 10.5 Å². The third-order valence-electron chi connectivity index (χ3n) is 4.49. The predicted molar refractivity (Wildman–Crippen MR) is 115 cm³/mol.